The Hall–Kier alpha value is -7.48. The molecule has 0 saturated carbocycles. The van der Waals surface area contributed by atoms with Crippen LogP contribution in [0.4, 0.5) is 0 Å². The van der Waals surface area contributed by atoms with Crippen LogP contribution >= 0.6 is 0 Å². The lowest BCUT2D eigenvalue weighted by Crippen LogP contribution is -2.34. The van der Waals surface area contributed by atoms with Crippen molar-refractivity contribution < 1.29 is 4.74 Å². The second kappa shape index (κ2) is 15.2. The third-order valence-corrected chi connectivity index (χ3v) is 11.3. The van der Waals surface area contributed by atoms with E-state index in [0.29, 0.717) is 0 Å². The van der Waals surface area contributed by atoms with Gasteiger partial charge in [-0.25, -0.2) is 0 Å². The lowest BCUT2D eigenvalue weighted by Gasteiger charge is -2.36. The molecule has 0 N–H and O–H groups in total. The van der Waals surface area contributed by atoms with Crippen LogP contribution in [0.15, 0.2) is 237 Å². The van der Waals surface area contributed by atoms with Crippen LogP contribution in [0.1, 0.15) is 16.7 Å². The molecule has 1 heterocycles. The zero-order valence-electron chi connectivity index (χ0n) is 32.0. The lowest BCUT2D eigenvalue weighted by molar-refractivity contribution is 0.161. The Morgan fingerprint density at radius 3 is 0.897 bits per heavy atom. The van der Waals surface area contributed by atoms with Crippen LogP contribution in [0.2, 0.25) is 0 Å². The molecule has 274 valence electrons. The van der Waals surface area contributed by atoms with Gasteiger partial charge in [0, 0.05) is 16.7 Å². The van der Waals surface area contributed by atoms with E-state index in [9.17, 15) is 0 Å². The molecule has 10 rings (SSSR count). The smallest absolute Gasteiger partial charge is 0.178 e. The van der Waals surface area contributed by atoms with Crippen molar-refractivity contribution in [2.24, 2.45) is 0 Å². The maximum Gasteiger partial charge on any atom is 0.178 e. The highest BCUT2D eigenvalue weighted by atomic mass is 16.5. The van der Waals surface area contributed by atoms with Crippen molar-refractivity contribution >= 4 is 6.08 Å². The minimum Gasteiger partial charge on any atom is -0.473 e. The van der Waals surface area contributed by atoms with Crippen molar-refractivity contribution in [3.8, 4) is 72.5 Å². The van der Waals surface area contributed by atoms with Crippen LogP contribution in [0.25, 0.3) is 72.8 Å². The van der Waals surface area contributed by atoms with Gasteiger partial charge in [0.1, 0.15) is 5.75 Å². The number of rotatable bonds is 8. The van der Waals surface area contributed by atoms with E-state index in [1.54, 1.807) is 0 Å². The summed E-state index contributed by atoms with van der Waals surface area (Å²) in [7, 11) is 0. The molecule has 9 aromatic carbocycles. The average Bonchev–Trinajstić information content (AvgIpc) is 3.32. The summed E-state index contributed by atoms with van der Waals surface area (Å²) in [4.78, 5) is 0. The van der Waals surface area contributed by atoms with E-state index in [1.165, 1.54) is 27.8 Å². The van der Waals surface area contributed by atoms with E-state index in [-0.39, 0.29) is 0 Å². The molecule has 0 unspecified atom stereocenters. The van der Waals surface area contributed by atoms with Crippen molar-refractivity contribution in [1.29, 1.82) is 0 Å². The van der Waals surface area contributed by atoms with E-state index in [1.807, 2.05) is 0 Å². The Bertz CT molecular complexity index is 2710. The van der Waals surface area contributed by atoms with Crippen LogP contribution in [0.3, 0.4) is 0 Å². The topological polar surface area (TPSA) is 9.23 Å². The number of hydrogen-bond donors (Lipinski definition) is 0. The third kappa shape index (κ3) is 6.24. The summed E-state index contributed by atoms with van der Waals surface area (Å²) in [6.07, 6.45) is 4.43. The Morgan fingerprint density at radius 1 is 0.276 bits per heavy atom. The van der Waals surface area contributed by atoms with Crippen LogP contribution in [0.5, 0.6) is 5.75 Å². The Kier molecular flexibility index (Phi) is 9.18. The SMILES string of the molecule is C1=CC(c2ccccc2)(c2ccccc2)Oc2cc(-c3c(-c4ccccc4)c(-c4ccccc4)c(-c4ccccc4)c(-c4ccccc4)c3-c3ccccc3)ccc21. The molecule has 0 amide bonds. The highest BCUT2D eigenvalue weighted by Gasteiger charge is 2.37. The molecule has 0 atom stereocenters. The molecule has 58 heavy (non-hydrogen) atoms. The van der Waals surface area contributed by atoms with Gasteiger partial charge in [0.15, 0.2) is 5.60 Å². The largest absolute Gasteiger partial charge is 0.473 e. The fourth-order valence-corrected chi connectivity index (χ4v) is 8.69. The van der Waals surface area contributed by atoms with E-state index in [2.05, 4.69) is 243 Å². The summed E-state index contributed by atoms with van der Waals surface area (Å²) >= 11 is 0. The molecular formula is C57H40O. The van der Waals surface area contributed by atoms with Crippen molar-refractivity contribution in [1.82, 2.24) is 0 Å². The maximum atomic E-state index is 7.38. The molecule has 1 aliphatic rings. The molecule has 9 aromatic rings. The van der Waals surface area contributed by atoms with Gasteiger partial charge in [0.05, 0.1) is 0 Å². The summed E-state index contributed by atoms with van der Waals surface area (Å²) in [5, 5.41) is 0. The van der Waals surface area contributed by atoms with E-state index in [4.69, 9.17) is 4.74 Å². The quantitative estimate of drug-likeness (QED) is 0.151. The fraction of sp³-hybridized carbons (Fsp3) is 0.0175. The summed E-state index contributed by atoms with van der Waals surface area (Å²) in [5.41, 5.74) is 16.3. The lowest BCUT2D eigenvalue weighted by atomic mass is 9.74. The minimum atomic E-state index is -0.805. The molecule has 0 bridgehead atoms. The van der Waals surface area contributed by atoms with Gasteiger partial charge in [-0.1, -0.05) is 231 Å². The summed E-state index contributed by atoms with van der Waals surface area (Å²) in [5.74, 6) is 0.834. The van der Waals surface area contributed by atoms with Crippen LogP contribution < -0.4 is 4.74 Å². The second-order valence-electron chi connectivity index (χ2n) is 14.7. The number of ether oxygens (including phenoxy) is 1. The van der Waals surface area contributed by atoms with Crippen molar-refractivity contribution in [2.75, 3.05) is 0 Å². The average molecular weight is 741 g/mol. The monoisotopic (exact) mass is 740 g/mol. The van der Waals surface area contributed by atoms with Crippen LogP contribution in [-0.4, -0.2) is 0 Å². The fourth-order valence-electron chi connectivity index (χ4n) is 8.69. The van der Waals surface area contributed by atoms with Gasteiger partial charge in [-0.15, -0.1) is 0 Å². The van der Waals surface area contributed by atoms with Gasteiger partial charge in [-0.2, -0.15) is 0 Å². The Morgan fingerprint density at radius 2 is 0.569 bits per heavy atom. The van der Waals surface area contributed by atoms with Crippen molar-refractivity contribution in [3.63, 3.8) is 0 Å². The number of hydrogen-bond acceptors (Lipinski definition) is 1. The molecule has 0 aliphatic carbocycles. The second-order valence-corrected chi connectivity index (χ2v) is 14.7. The molecule has 1 heteroatoms. The van der Waals surface area contributed by atoms with E-state index in [0.717, 1.165) is 61.4 Å². The highest BCUT2D eigenvalue weighted by molar-refractivity contribution is 6.15. The van der Waals surface area contributed by atoms with Crippen molar-refractivity contribution in [3.05, 3.63) is 253 Å². The van der Waals surface area contributed by atoms with Crippen LogP contribution in [-0.2, 0) is 5.60 Å². The summed E-state index contributed by atoms with van der Waals surface area (Å²) in [6.45, 7) is 0. The first kappa shape index (κ1) is 35.0. The minimum absolute atomic E-state index is 0.805. The number of fused-ring (bicyclic) bond motifs is 1. The highest BCUT2D eigenvalue weighted by Crippen LogP contribution is 2.56. The molecular weight excluding hydrogens is 701 g/mol. The molecule has 0 saturated heterocycles. The predicted molar refractivity (Wildman–Crippen MR) is 242 cm³/mol. The molecule has 1 nitrogen and oxygen atoms in total. The first-order chi connectivity index (χ1) is 28.8. The third-order valence-electron chi connectivity index (χ3n) is 11.3. The maximum absolute atomic E-state index is 7.38. The normalized spacial score (nSPS) is 12.7. The van der Waals surface area contributed by atoms with Gasteiger partial charge < -0.3 is 4.74 Å². The van der Waals surface area contributed by atoms with Crippen molar-refractivity contribution in [2.45, 2.75) is 5.60 Å². The summed E-state index contributed by atoms with van der Waals surface area (Å²) < 4.78 is 7.38. The molecule has 0 aromatic heterocycles. The molecule has 1 aliphatic heterocycles. The van der Waals surface area contributed by atoms with Gasteiger partial charge in [0.25, 0.3) is 0 Å². The van der Waals surface area contributed by atoms with Gasteiger partial charge >= 0.3 is 0 Å². The number of benzene rings is 9. The zero-order chi connectivity index (χ0) is 38.7. The molecule has 0 radical (unpaired) electrons. The predicted octanol–water partition coefficient (Wildman–Crippen LogP) is 15.0. The Balaban J connectivity index is 1.36. The molecule has 0 fully saturated rings. The van der Waals surface area contributed by atoms with Gasteiger partial charge in [-0.3, -0.25) is 0 Å². The van der Waals surface area contributed by atoms with Gasteiger partial charge in [-0.05, 0) is 78.9 Å². The summed E-state index contributed by atoms with van der Waals surface area (Å²) in [6, 6.07) is 82.5. The standard InChI is InChI=1S/C57H40O/c1-8-22-42(23-9-1)51-52(43-24-10-2-11-25-43)54(45-28-14-4-15-29-45)56(55(46-30-16-5-17-31-46)53(51)44-26-12-3-13-27-44)47-37-36-41-38-39-57(58-50(41)40-47,48-32-18-6-19-33-48)49-34-20-7-21-35-49/h1-40H. The first-order valence-electron chi connectivity index (χ1n) is 19.9. The van der Waals surface area contributed by atoms with E-state index >= 15 is 0 Å². The molecule has 0 spiro atoms. The van der Waals surface area contributed by atoms with Gasteiger partial charge in [0.2, 0.25) is 0 Å². The Labute approximate surface area is 340 Å². The zero-order valence-corrected chi connectivity index (χ0v) is 32.0. The first-order valence-corrected chi connectivity index (χ1v) is 19.9. The van der Waals surface area contributed by atoms with E-state index < -0.39 is 5.60 Å². The van der Waals surface area contributed by atoms with Crippen LogP contribution in [0, 0.1) is 0 Å².